The molecule has 2 atom stereocenters. The second kappa shape index (κ2) is 7.84. The minimum atomic E-state index is -0.625. The van der Waals surface area contributed by atoms with E-state index in [4.69, 9.17) is 10.5 Å². The summed E-state index contributed by atoms with van der Waals surface area (Å²) >= 11 is 0. The molecule has 0 fully saturated rings. The maximum Gasteiger partial charge on any atom is 0.239 e. The largest absolute Gasteiger partial charge is 0.372 e. The van der Waals surface area contributed by atoms with Crippen LogP contribution in [0.2, 0.25) is 0 Å². The highest BCUT2D eigenvalue weighted by molar-refractivity contribution is 5.82. The highest BCUT2D eigenvalue weighted by Gasteiger charge is 2.20. The maximum absolute atomic E-state index is 11.6. The van der Waals surface area contributed by atoms with Crippen molar-refractivity contribution in [2.75, 3.05) is 6.54 Å². The van der Waals surface area contributed by atoms with Gasteiger partial charge in [-0.15, -0.1) is 0 Å². The number of nitrogens with one attached hydrogen (secondary N) is 1. The zero-order valence-corrected chi connectivity index (χ0v) is 11.1. The molecule has 1 amide bonds. The summed E-state index contributed by atoms with van der Waals surface area (Å²) in [6.45, 7) is 4.94. The first-order chi connectivity index (χ1) is 8.65. The first-order valence-corrected chi connectivity index (χ1v) is 6.34. The smallest absolute Gasteiger partial charge is 0.239 e. The summed E-state index contributed by atoms with van der Waals surface area (Å²) < 4.78 is 5.61. The molecule has 0 bridgehead atoms. The van der Waals surface area contributed by atoms with Gasteiger partial charge in [-0.3, -0.25) is 4.79 Å². The number of rotatable bonds is 7. The Morgan fingerprint density at radius 2 is 2.06 bits per heavy atom. The van der Waals surface area contributed by atoms with Crippen LogP contribution in [0.5, 0.6) is 0 Å². The fraction of sp³-hybridized carbons (Fsp3) is 0.500. The van der Waals surface area contributed by atoms with Gasteiger partial charge in [-0.1, -0.05) is 37.3 Å². The van der Waals surface area contributed by atoms with Gasteiger partial charge in [0.1, 0.15) is 6.04 Å². The topological polar surface area (TPSA) is 64.4 Å². The van der Waals surface area contributed by atoms with Crippen molar-refractivity contribution in [2.24, 2.45) is 5.73 Å². The number of ether oxygens (including phenoxy) is 1. The van der Waals surface area contributed by atoms with Crippen LogP contribution in [0.3, 0.4) is 0 Å². The Morgan fingerprint density at radius 3 is 2.67 bits per heavy atom. The monoisotopic (exact) mass is 250 g/mol. The highest BCUT2D eigenvalue weighted by atomic mass is 16.5. The third kappa shape index (κ3) is 4.85. The average Bonchev–Trinajstić information content (AvgIpc) is 2.42. The third-order valence-electron chi connectivity index (χ3n) is 2.71. The summed E-state index contributed by atoms with van der Waals surface area (Å²) in [6, 6.07) is 9.20. The highest BCUT2D eigenvalue weighted by Crippen LogP contribution is 2.05. The van der Waals surface area contributed by atoms with Gasteiger partial charge >= 0.3 is 0 Å². The Bertz CT molecular complexity index is 354. The fourth-order valence-corrected chi connectivity index (χ4v) is 1.48. The Kier molecular flexibility index (Phi) is 6.39. The molecule has 0 saturated heterocycles. The van der Waals surface area contributed by atoms with Crippen LogP contribution in [0.1, 0.15) is 25.8 Å². The Labute approximate surface area is 109 Å². The van der Waals surface area contributed by atoms with E-state index < -0.39 is 6.04 Å². The van der Waals surface area contributed by atoms with E-state index in [1.807, 2.05) is 44.2 Å². The second-order valence-corrected chi connectivity index (χ2v) is 4.32. The molecule has 0 heterocycles. The van der Waals surface area contributed by atoms with E-state index >= 15 is 0 Å². The number of amides is 1. The summed E-state index contributed by atoms with van der Waals surface area (Å²) in [5.74, 6) is -0.155. The number of benzene rings is 1. The van der Waals surface area contributed by atoms with Crippen molar-refractivity contribution in [3.05, 3.63) is 35.9 Å². The molecule has 18 heavy (non-hydrogen) atoms. The Morgan fingerprint density at radius 1 is 1.39 bits per heavy atom. The Hall–Kier alpha value is -1.39. The zero-order valence-electron chi connectivity index (χ0n) is 11.1. The van der Waals surface area contributed by atoms with Gasteiger partial charge in [0.15, 0.2) is 0 Å². The van der Waals surface area contributed by atoms with Crippen molar-refractivity contribution in [2.45, 2.75) is 39.0 Å². The summed E-state index contributed by atoms with van der Waals surface area (Å²) in [5, 5.41) is 2.77. The molecule has 1 rings (SSSR count). The molecule has 1 aromatic carbocycles. The Balaban J connectivity index is 2.35. The molecule has 3 N–H and O–H groups in total. The molecular weight excluding hydrogens is 228 g/mol. The molecule has 0 aliphatic heterocycles. The summed E-state index contributed by atoms with van der Waals surface area (Å²) in [4.78, 5) is 11.6. The van der Waals surface area contributed by atoms with Crippen molar-refractivity contribution in [1.82, 2.24) is 5.32 Å². The summed E-state index contributed by atoms with van der Waals surface area (Å²) in [6.07, 6.45) is 0.597. The standard InChI is InChI=1S/C14H22N2O2/c1-3-9-16-14(17)13(15)11(2)18-10-12-7-5-4-6-8-12/h4-8,11,13H,3,9-10,15H2,1-2H3,(H,16,17)/t11-,13+/m1/s1. The van der Waals surface area contributed by atoms with Crippen LogP contribution in [0.15, 0.2) is 30.3 Å². The first kappa shape index (κ1) is 14.7. The number of hydrogen-bond acceptors (Lipinski definition) is 3. The fourth-order valence-electron chi connectivity index (χ4n) is 1.48. The lowest BCUT2D eigenvalue weighted by molar-refractivity contribution is -0.125. The summed E-state index contributed by atoms with van der Waals surface area (Å²) in [7, 11) is 0. The third-order valence-corrected chi connectivity index (χ3v) is 2.71. The van der Waals surface area contributed by atoms with E-state index in [1.54, 1.807) is 0 Å². The molecule has 0 unspecified atom stereocenters. The van der Waals surface area contributed by atoms with Gasteiger partial charge in [-0.2, -0.15) is 0 Å². The first-order valence-electron chi connectivity index (χ1n) is 6.34. The van der Waals surface area contributed by atoms with Crippen molar-refractivity contribution in [3.8, 4) is 0 Å². The molecule has 0 aliphatic carbocycles. The van der Waals surface area contributed by atoms with E-state index in [2.05, 4.69) is 5.32 Å². The lowest BCUT2D eigenvalue weighted by atomic mass is 10.1. The quantitative estimate of drug-likeness (QED) is 0.769. The molecule has 0 aliphatic rings. The average molecular weight is 250 g/mol. The predicted molar refractivity (Wildman–Crippen MR) is 72.0 cm³/mol. The predicted octanol–water partition coefficient (Wildman–Crippen LogP) is 1.45. The normalized spacial score (nSPS) is 13.9. The van der Waals surface area contributed by atoms with Gasteiger partial charge in [0.05, 0.1) is 12.7 Å². The molecular formula is C14H22N2O2. The van der Waals surface area contributed by atoms with E-state index in [1.165, 1.54) is 0 Å². The molecule has 4 nitrogen and oxygen atoms in total. The van der Waals surface area contributed by atoms with Gasteiger partial charge in [0.25, 0.3) is 0 Å². The minimum absolute atomic E-state index is 0.155. The van der Waals surface area contributed by atoms with E-state index in [0.717, 1.165) is 12.0 Å². The molecule has 0 aromatic heterocycles. The lowest BCUT2D eigenvalue weighted by Crippen LogP contribution is -2.48. The van der Waals surface area contributed by atoms with Gasteiger partial charge in [0, 0.05) is 6.54 Å². The number of carbonyl (C=O) groups is 1. The van der Waals surface area contributed by atoms with Gasteiger partial charge < -0.3 is 15.8 Å². The maximum atomic E-state index is 11.6. The molecule has 1 aromatic rings. The van der Waals surface area contributed by atoms with E-state index in [-0.39, 0.29) is 12.0 Å². The number of nitrogens with two attached hydrogens (primary N) is 1. The lowest BCUT2D eigenvalue weighted by Gasteiger charge is -2.19. The zero-order chi connectivity index (χ0) is 13.4. The van der Waals surface area contributed by atoms with Crippen LogP contribution in [0.4, 0.5) is 0 Å². The molecule has 0 saturated carbocycles. The van der Waals surface area contributed by atoms with Gasteiger partial charge in [-0.25, -0.2) is 0 Å². The van der Waals surface area contributed by atoms with Gasteiger partial charge in [0.2, 0.25) is 5.91 Å². The van der Waals surface area contributed by atoms with Crippen molar-refractivity contribution in [3.63, 3.8) is 0 Å². The summed E-state index contributed by atoms with van der Waals surface area (Å²) in [5.41, 5.74) is 6.90. The molecule has 0 radical (unpaired) electrons. The molecule has 100 valence electrons. The van der Waals surface area contributed by atoms with Crippen molar-refractivity contribution < 1.29 is 9.53 Å². The second-order valence-electron chi connectivity index (χ2n) is 4.32. The molecule has 0 spiro atoms. The van der Waals surface area contributed by atoms with Crippen molar-refractivity contribution in [1.29, 1.82) is 0 Å². The van der Waals surface area contributed by atoms with Crippen molar-refractivity contribution >= 4 is 5.91 Å². The van der Waals surface area contributed by atoms with Crippen LogP contribution < -0.4 is 11.1 Å². The van der Waals surface area contributed by atoms with E-state index in [0.29, 0.717) is 13.2 Å². The van der Waals surface area contributed by atoms with Crippen LogP contribution in [0.25, 0.3) is 0 Å². The molecule has 4 heteroatoms. The minimum Gasteiger partial charge on any atom is -0.372 e. The SMILES string of the molecule is CCCNC(=O)[C@@H](N)[C@@H](C)OCc1ccccc1. The van der Waals surface area contributed by atoms with Crippen LogP contribution in [0, 0.1) is 0 Å². The van der Waals surface area contributed by atoms with Crippen LogP contribution in [-0.4, -0.2) is 24.6 Å². The van der Waals surface area contributed by atoms with Crippen LogP contribution >= 0.6 is 0 Å². The van der Waals surface area contributed by atoms with E-state index in [9.17, 15) is 4.79 Å². The number of carbonyl (C=O) groups excluding carboxylic acids is 1. The van der Waals surface area contributed by atoms with Gasteiger partial charge in [-0.05, 0) is 18.9 Å². The number of hydrogen-bond donors (Lipinski definition) is 2. The van der Waals surface area contributed by atoms with Crippen LogP contribution in [-0.2, 0) is 16.1 Å².